The maximum atomic E-state index is 11.3. The summed E-state index contributed by atoms with van der Waals surface area (Å²) in [5, 5.41) is 2.94. The van der Waals surface area contributed by atoms with E-state index in [9.17, 15) is 4.79 Å². The molecule has 0 aromatic rings. The number of rotatable bonds is 3. The molecule has 1 saturated carbocycles. The number of hydrogen-bond acceptors (Lipinski definition) is 2. The number of hydrogen-bond donors (Lipinski definition) is 2. The quantitative estimate of drug-likeness (QED) is 0.805. The third-order valence-corrected chi connectivity index (χ3v) is 3.20. The van der Waals surface area contributed by atoms with E-state index in [1.807, 2.05) is 0 Å². The molecule has 0 saturated heterocycles. The first-order chi connectivity index (χ1) is 7.20. The van der Waals surface area contributed by atoms with Crippen molar-refractivity contribution in [3.63, 3.8) is 0 Å². The lowest BCUT2D eigenvalue weighted by Crippen LogP contribution is -2.40. The molecule has 0 radical (unpaired) electrons. The molecule has 1 atom stereocenters. The SMILES string of the molecule is C[C@H](N)C(=O)NCC1CCCCCCC1.Cl. The summed E-state index contributed by atoms with van der Waals surface area (Å²) in [6.45, 7) is 2.55. The number of amides is 1. The van der Waals surface area contributed by atoms with Crippen molar-refractivity contribution in [2.75, 3.05) is 6.54 Å². The average molecular weight is 249 g/mol. The minimum Gasteiger partial charge on any atom is -0.354 e. The Morgan fingerprint density at radius 3 is 2.25 bits per heavy atom. The Labute approximate surface area is 105 Å². The normalized spacial score (nSPS) is 20.1. The van der Waals surface area contributed by atoms with Crippen molar-refractivity contribution < 1.29 is 4.79 Å². The van der Waals surface area contributed by atoms with Crippen LogP contribution in [0.2, 0.25) is 0 Å². The fraction of sp³-hybridized carbons (Fsp3) is 0.917. The molecule has 3 N–H and O–H groups in total. The van der Waals surface area contributed by atoms with Gasteiger partial charge in [0.2, 0.25) is 5.91 Å². The second-order valence-corrected chi connectivity index (χ2v) is 4.74. The Bertz CT molecular complexity index is 189. The van der Waals surface area contributed by atoms with E-state index in [0.717, 1.165) is 6.54 Å². The summed E-state index contributed by atoms with van der Waals surface area (Å²) in [5.41, 5.74) is 5.50. The molecule has 0 unspecified atom stereocenters. The van der Waals surface area contributed by atoms with Gasteiger partial charge in [0, 0.05) is 6.54 Å². The van der Waals surface area contributed by atoms with Crippen LogP contribution in [-0.4, -0.2) is 18.5 Å². The molecule has 1 amide bonds. The summed E-state index contributed by atoms with van der Waals surface area (Å²) in [7, 11) is 0. The van der Waals surface area contributed by atoms with E-state index < -0.39 is 0 Å². The highest BCUT2D eigenvalue weighted by Gasteiger charge is 2.13. The molecular weight excluding hydrogens is 224 g/mol. The maximum Gasteiger partial charge on any atom is 0.236 e. The van der Waals surface area contributed by atoms with Crippen molar-refractivity contribution in [2.24, 2.45) is 11.7 Å². The van der Waals surface area contributed by atoms with E-state index in [-0.39, 0.29) is 24.4 Å². The van der Waals surface area contributed by atoms with Crippen molar-refractivity contribution in [2.45, 2.75) is 57.9 Å². The lowest BCUT2D eigenvalue weighted by molar-refractivity contribution is -0.122. The first-order valence-corrected chi connectivity index (χ1v) is 6.23. The van der Waals surface area contributed by atoms with Gasteiger partial charge in [-0.25, -0.2) is 0 Å². The second-order valence-electron chi connectivity index (χ2n) is 4.74. The summed E-state index contributed by atoms with van der Waals surface area (Å²) in [5.74, 6) is 0.657. The van der Waals surface area contributed by atoms with Crippen LogP contribution in [0, 0.1) is 5.92 Å². The highest BCUT2D eigenvalue weighted by molar-refractivity contribution is 5.85. The molecule has 1 fully saturated rings. The average Bonchev–Trinajstić information content (AvgIpc) is 2.15. The van der Waals surface area contributed by atoms with Crippen LogP contribution in [0.3, 0.4) is 0 Å². The lowest BCUT2D eigenvalue weighted by Gasteiger charge is -2.20. The van der Waals surface area contributed by atoms with E-state index in [4.69, 9.17) is 5.73 Å². The molecule has 1 rings (SSSR count). The topological polar surface area (TPSA) is 55.1 Å². The van der Waals surface area contributed by atoms with Gasteiger partial charge in [-0.15, -0.1) is 12.4 Å². The van der Waals surface area contributed by atoms with Crippen molar-refractivity contribution >= 4 is 18.3 Å². The van der Waals surface area contributed by atoms with E-state index in [0.29, 0.717) is 5.92 Å². The van der Waals surface area contributed by atoms with E-state index >= 15 is 0 Å². The maximum absolute atomic E-state index is 11.3. The molecule has 0 aliphatic heterocycles. The molecule has 3 nitrogen and oxygen atoms in total. The Balaban J connectivity index is 0.00000225. The molecule has 0 spiro atoms. The zero-order valence-electron chi connectivity index (χ0n) is 10.2. The van der Waals surface area contributed by atoms with Gasteiger partial charge in [-0.2, -0.15) is 0 Å². The Morgan fingerprint density at radius 2 is 1.75 bits per heavy atom. The predicted octanol–water partition coefficient (Wildman–Crippen LogP) is 2.23. The molecule has 0 aromatic carbocycles. The molecule has 96 valence electrons. The minimum absolute atomic E-state index is 0. The highest BCUT2D eigenvalue weighted by Crippen LogP contribution is 2.21. The van der Waals surface area contributed by atoms with Gasteiger partial charge >= 0.3 is 0 Å². The van der Waals surface area contributed by atoms with Crippen LogP contribution < -0.4 is 11.1 Å². The Morgan fingerprint density at radius 1 is 1.25 bits per heavy atom. The third-order valence-electron chi connectivity index (χ3n) is 3.20. The van der Waals surface area contributed by atoms with Crippen LogP contribution in [0.25, 0.3) is 0 Å². The van der Waals surface area contributed by atoms with Crippen molar-refractivity contribution in [1.29, 1.82) is 0 Å². The number of halogens is 1. The smallest absolute Gasteiger partial charge is 0.236 e. The lowest BCUT2D eigenvalue weighted by atomic mass is 9.91. The second kappa shape index (κ2) is 8.82. The predicted molar refractivity (Wildman–Crippen MR) is 69.7 cm³/mol. The summed E-state index contributed by atoms with van der Waals surface area (Å²) in [4.78, 5) is 11.3. The van der Waals surface area contributed by atoms with Gasteiger partial charge < -0.3 is 11.1 Å². The number of carbonyl (C=O) groups is 1. The zero-order valence-corrected chi connectivity index (χ0v) is 11.0. The van der Waals surface area contributed by atoms with E-state index in [1.165, 1.54) is 44.9 Å². The molecule has 4 heteroatoms. The molecule has 0 bridgehead atoms. The Kier molecular flexibility index (Phi) is 8.67. The monoisotopic (exact) mass is 248 g/mol. The fourth-order valence-corrected chi connectivity index (χ4v) is 2.15. The molecule has 1 aliphatic carbocycles. The number of carbonyl (C=O) groups excluding carboxylic acids is 1. The molecule has 16 heavy (non-hydrogen) atoms. The van der Waals surface area contributed by atoms with E-state index in [1.54, 1.807) is 6.92 Å². The van der Waals surface area contributed by atoms with Gasteiger partial charge in [0.25, 0.3) is 0 Å². The van der Waals surface area contributed by atoms with Gasteiger partial charge in [-0.05, 0) is 25.7 Å². The molecule has 0 aromatic heterocycles. The molecule has 0 heterocycles. The van der Waals surface area contributed by atoms with Crippen molar-refractivity contribution in [3.8, 4) is 0 Å². The van der Waals surface area contributed by atoms with Gasteiger partial charge in [0.1, 0.15) is 0 Å². The Hall–Kier alpha value is -0.280. The van der Waals surface area contributed by atoms with Gasteiger partial charge in [-0.3, -0.25) is 4.79 Å². The minimum atomic E-state index is -0.376. The largest absolute Gasteiger partial charge is 0.354 e. The highest BCUT2D eigenvalue weighted by atomic mass is 35.5. The first kappa shape index (κ1) is 15.7. The van der Waals surface area contributed by atoms with Gasteiger partial charge in [0.05, 0.1) is 6.04 Å². The zero-order chi connectivity index (χ0) is 11.1. The summed E-state index contributed by atoms with van der Waals surface area (Å²) >= 11 is 0. The summed E-state index contributed by atoms with van der Waals surface area (Å²) in [6.07, 6.45) is 9.27. The standard InChI is InChI=1S/C12H24N2O.ClH/c1-10(13)12(15)14-9-11-7-5-3-2-4-6-8-11;/h10-11H,2-9,13H2,1H3,(H,14,15);1H/t10-;/m0./s1. The fourth-order valence-electron chi connectivity index (χ4n) is 2.15. The van der Waals surface area contributed by atoms with Crippen LogP contribution in [0.5, 0.6) is 0 Å². The van der Waals surface area contributed by atoms with Crippen LogP contribution in [0.1, 0.15) is 51.9 Å². The van der Waals surface area contributed by atoms with Crippen molar-refractivity contribution in [1.82, 2.24) is 5.32 Å². The van der Waals surface area contributed by atoms with Crippen LogP contribution in [-0.2, 0) is 4.79 Å². The van der Waals surface area contributed by atoms with E-state index in [2.05, 4.69) is 5.32 Å². The van der Waals surface area contributed by atoms with Crippen LogP contribution in [0.4, 0.5) is 0 Å². The van der Waals surface area contributed by atoms with Crippen LogP contribution >= 0.6 is 12.4 Å². The van der Waals surface area contributed by atoms with Gasteiger partial charge in [-0.1, -0.05) is 32.1 Å². The summed E-state index contributed by atoms with van der Waals surface area (Å²) in [6, 6.07) is -0.376. The van der Waals surface area contributed by atoms with Crippen LogP contribution in [0.15, 0.2) is 0 Å². The summed E-state index contributed by atoms with van der Waals surface area (Å²) < 4.78 is 0. The number of nitrogens with one attached hydrogen (secondary N) is 1. The van der Waals surface area contributed by atoms with Gasteiger partial charge in [0.15, 0.2) is 0 Å². The number of nitrogens with two attached hydrogens (primary N) is 1. The molecular formula is C12H25ClN2O. The van der Waals surface area contributed by atoms with Crippen molar-refractivity contribution in [3.05, 3.63) is 0 Å². The molecule has 1 aliphatic rings. The first-order valence-electron chi connectivity index (χ1n) is 6.23. The third kappa shape index (κ3) is 6.33.